The molecule has 0 saturated heterocycles. The first kappa shape index (κ1) is 30.6. The molecule has 1 N–H and O–H groups in total. The van der Waals surface area contributed by atoms with Gasteiger partial charge in [-0.25, -0.2) is 13.4 Å². The molecule has 0 radical (unpaired) electrons. The van der Waals surface area contributed by atoms with Crippen LogP contribution in [0, 0.1) is 0 Å². The SMILES string of the molecule is CCCC.O=S(=O)([O-])c1ccc(-c2nnc(-c3ccccn3)nc2-c2ccc(S(=O)(=O)O)cc2)cc1.[Na+]. The van der Waals surface area contributed by atoms with Gasteiger partial charge in [-0.15, -0.1) is 10.2 Å². The molecule has 0 atom stereocenters. The van der Waals surface area contributed by atoms with Crippen LogP contribution >= 0.6 is 0 Å². The van der Waals surface area contributed by atoms with Gasteiger partial charge in [-0.05, 0) is 36.4 Å². The van der Waals surface area contributed by atoms with Crippen molar-refractivity contribution in [2.75, 3.05) is 0 Å². The fraction of sp³-hybridized carbons (Fsp3) is 0.167. The monoisotopic (exact) mass is 550 g/mol. The first-order chi connectivity index (χ1) is 17.0. The van der Waals surface area contributed by atoms with Gasteiger partial charge in [0.1, 0.15) is 27.2 Å². The molecule has 0 amide bonds. The first-order valence-electron chi connectivity index (χ1n) is 10.8. The van der Waals surface area contributed by atoms with Gasteiger partial charge in [-0.2, -0.15) is 8.42 Å². The zero-order valence-electron chi connectivity index (χ0n) is 20.4. The van der Waals surface area contributed by atoms with E-state index in [-0.39, 0.29) is 46.0 Å². The van der Waals surface area contributed by atoms with Crippen molar-refractivity contribution in [3.05, 3.63) is 72.9 Å². The smallest absolute Gasteiger partial charge is 0.744 e. The van der Waals surface area contributed by atoms with Crippen LogP contribution < -0.4 is 29.6 Å². The third kappa shape index (κ3) is 8.20. The predicted molar refractivity (Wildman–Crippen MR) is 132 cm³/mol. The Morgan fingerprint density at radius 2 is 1.30 bits per heavy atom. The van der Waals surface area contributed by atoms with E-state index < -0.39 is 25.1 Å². The van der Waals surface area contributed by atoms with Gasteiger partial charge in [0, 0.05) is 17.3 Å². The van der Waals surface area contributed by atoms with Crippen LogP contribution in [0.5, 0.6) is 0 Å². The molecule has 0 unspecified atom stereocenters. The van der Waals surface area contributed by atoms with Crippen LogP contribution in [0.25, 0.3) is 34.0 Å². The number of rotatable bonds is 6. The summed E-state index contributed by atoms with van der Waals surface area (Å²) in [4.78, 5) is 8.03. The fourth-order valence-corrected chi connectivity index (χ4v) is 3.84. The number of pyridine rings is 1. The maximum atomic E-state index is 11.4. The second-order valence-corrected chi connectivity index (χ2v) is 10.3. The zero-order valence-corrected chi connectivity index (χ0v) is 24.1. The number of nitrogens with zero attached hydrogens (tertiary/aromatic N) is 4. The van der Waals surface area contributed by atoms with E-state index in [0.29, 0.717) is 22.5 Å². The summed E-state index contributed by atoms with van der Waals surface area (Å²) in [6.45, 7) is 4.36. The van der Waals surface area contributed by atoms with E-state index in [1.54, 1.807) is 24.4 Å². The van der Waals surface area contributed by atoms with Crippen LogP contribution in [0.3, 0.4) is 0 Å². The standard InChI is InChI=1S/C20H14N4O6S2.C4H10.Na/c25-31(26,27)15-8-4-13(5-9-15)18-19(14-6-10-16(11-7-14)32(28,29)30)23-24-20(22-18)17-3-1-2-12-21-17;1-3-4-2;/h1-12H,(H,25,26,27)(H,28,29,30);3-4H2,1-2H3;/q;;+1/p-1. The summed E-state index contributed by atoms with van der Waals surface area (Å²) >= 11 is 0. The largest absolute Gasteiger partial charge is 1.00 e. The average Bonchev–Trinajstić information content (AvgIpc) is 2.88. The van der Waals surface area contributed by atoms with Gasteiger partial charge in [-0.1, -0.05) is 57.0 Å². The predicted octanol–water partition coefficient (Wildman–Crippen LogP) is 1.23. The minimum atomic E-state index is -4.62. The molecular formula is C24H23N4NaO6S2. The molecule has 0 aliphatic heterocycles. The molecule has 188 valence electrons. The van der Waals surface area contributed by atoms with Crippen LogP contribution in [0.4, 0.5) is 0 Å². The van der Waals surface area contributed by atoms with Crippen molar-refractivity contribution in [1.29, 1.82) is 0 Å². The Balaban J connectivity index is 0.000000898. The number of benzene rings is 2. The van der Waals surface area contributed by atoms with Crippen molar-refractivity contribution in [3.63, 3.8) is 0 Å². The Labute approximate surface area is 238 Å². The topological polar surface area (TPSA) is 163 Å². The quantitative estimate of drug-likeness (QED) is 0.273. The molecule has 4 aromatic rings. The van der Waals surface area contributed by atoms with Crippen molar-refractivity contribution in [1.82, 2.24) is 20.2 Å². The van der Waals surface area contributed by atoms with Crippen molar-refractivity contribution in [2.45, 2.75) is 36.5 Å². The summed E-state index contributed by atoms with van der Waals surface area (Å²) in [7, 11) is -8.99. The van der Waals surface area contributed by atoms with Crippen LogP contribution in [0.15, 0.2) is 82.7 Å². The van der Waals surface area contributed by atoms with E-state index in [9.17, 15) is 25.9 Å². The second-order valence-electron chi connectivity index (χ2n) is 7.53. The molecule has 2 aromatic carbocycles. The molecule has 2 aromatic heterocycles. The Morgan fingerprint density at radius 3 is 1.76 bits per heavy atom. The molecule has 0 saturated carbocycles. The van der Waals surface area contributed by atoms with Gasteiger partial charge in [0.05, 0.1) is 9.79 Å². The van der Waals surface area contributed by atoms with E-state index >= 15 is 0 Å². The van der Waals surface area contributed by atoms with Gasteiger partial charge in [0.2, 0.25) is 5.82 Å². The van der Waals surface area contributed by atoms with Crippen molar-refractivity contribution >= 4 is 20.2 Å². The maximum Gasteiger partial charge on any atom is 1.00 e. The van der Waals surface area contributed by atoms with Gasteiger partial charge in [0.15, 0.2) is 0 Å². The molecular weight excluding hydrogens is 527 g/mol. The fourth-order valence-electron chi connectivity index (χ4n) is 2.89. The summed E-state index contributed by atoms with van der Waals surface area (Å²) in [6, 6.07) is 15.6. The Morgan fingerprint density at radius 1 is 0.757 bits per heavy atom. The molecule has 13 heteroatoms. The number of aromatic nitrogens is 4. The molecule has 4 rings (SSSR count). The molecule has 10 nitrogen and oxygen atoms in total. The molecule has 37 heavy (non-hydrogen) atoms. The Hall–Kier alpha value is -2.58. The third-order valence-electron chi connectivity index (χ3n) is 4.92. The van der Waals surface area contributed by atoms with E-state index in [1.165, 1.54) is 49.2 Å². The minimum Gasteiger partial charge on any atom is -0.744 e. The van der Waals surface area contributed by atoms with Crippen LogP contribution in [0.1, 0.15) is 26.7 Å². The van der Waals surface area contributed by atoms with Gasteiger partial charge in [0.25, 0.3) is 10.1 Å². The second kappa shape index (κ2) is 13.3. The summed E-state index contributed by atoms with van der Waals surface area (Å²) in [5, 5.41) is 8.32. The summed E-state index contributed by atoms with van der Waals surface area (Å²) in [5.74, 6) is 0.210. The maximum absolute atomic E-state index is 11.4. The summed E-state index contributed by atoms with van der Waals surface area (Å²) in [6.07, 6.45) is 4.20. The van der Waals surface area contributed by atoms with Gasteiger partial charge >= 0.3 is 29.6 Å². The Kier molecular flexibility index (Phi) is 11.0. The molecule has 0 fully saturated rings. The molecule has 2 heterocycles. The van der Waals surface area contributed by atoms with Crippen molar-refractivity contribution in [3.8, 4) is 34.0 Å². The Bertz CT molecular complexity index is 1530. The van der Waals surface area contributed by atoms with Gasteiger partial charge < -0.3 is 4.55 Å². The van der Waals surface area contributed by atoms with E-state index in [2.05, 4.69) is 34.0 Å². The molecule has 0 aliphatic rings. The van der Waals surface area contributed by atoms with Crippen LogP contribution in [-0.4, -0.2) is 46.1 Å². The number of hydrogen-bond donors (Lipinski definition) is 1. The normalized spacial score (nSPS) is 11.1. The number of hydrogen-bond acceptors (Lipinski definition) is 9. The molecule has 0 bridgehead atoms. The summed E-state index contributed by atoms with van der Waals surface area (Å²) in [5.41, 5.74) is 1.91. The average molecular weight is 551 g/mol. The van der Waals surface area contributed by atoms with E-state index in [1.807, 2.05) is 0 Å². The third-order valence-corrected chi connectivity index (χ3v) is 6.64. The minimum absolute atomic E-state index is 0. The summed E-state index contributed by atoms with van der Waals surface area (Å²) < 4.78 is 65.6. The first-order valence-corrected chi connectivity index (χ1v) is 13.7. The van der Waals surface area contributed by atoms with Crippen molar-refractivity contribution < 1.29 is 55.5 Å². The molecule has 0 spiro atoms. The zero-order chi connectivity index (χ0) is 26.3. The molecule has 0 aliphatic carbocycles. The van der Waals surface area contributed by atoms with Crippen molar-refractivity contribution in [2.24, 2.45) is 0 Å². The number of unbranched alkanes of at least 4 members (excludes halogenated alkanes) is 1. The van der Waals surface area contributed by atoms with E-state index in [0.717, 1.165) is 12.1 Å². The van der Waals surface area contributed by atoms with E-state index in [4.69, 9.17) is 0 Å². The van der Waals surface area contributed by atoms with Crippen LogP contribution in [0.2, 0.25) is 0 Å². The van der Waals surface area contributed by atoms with Gasteiger partial charge in [-0.3, -0.25) is 9.54 Å². The van der Waals surface area contributed by atoms with Crippen LogP contribution in [-0.2, 0) is 20.2 Å².